The number of benzene rings is 2. The first kappa shape index (κ1) is 24.4. The van der Waals surface area contributed by atoms with Crippen LogP contribution in [0.25, 0.3) is 10.8 Å². The van der Waals surface area contributed by atoms with E-state index in [0.29, 0.717) is 12.8 Å². The molecular weight excluding hydrogens is 372 g/mol. The van der Waals surface area contributed by atoms with Crippen LogP contribution < -0.4 is 0 Å². The van der Waals surface area contributed by atoms with Gasteiger partial charge in [0.1, 0.15) is 0 Å². The molecule has 30 heavy (non-hydrogen) atoms. The van der Waals surface area contributed by atoms with Gasteiger partial charge in [-0.25, -0.2) is 0 Å². The largest absolute Gasteiger partial charge is 0.481 e. The first-order valence-corrected chi connectivity index (χ1v) is 11.7. The second-order valence-electron chi connectivity index (χ2n) is 8.17. The van der Waals surface area contributed by atoms with E-state index in [0.717, 1.165) is 68.4 Å². The molecule has 166 valence electrons. The summed E-state index contributed by atoms with van der Waals surface area (Å²) in [6, 6.07) is 14.3. The standard InChI is InChI=1S/C26H40N2O2/c1-5-27(6-2)20-12-18-26(25(29)30,19-13-21-28(7-3)8-4)24-17-11-15-22-14-9-10-16-23(22)24/h9-11,14-17H,5-8,12-13,18-21H2,1-4H3,(H,29,30). The minimum Gasteiger partial charge on any atom is -0.481 e. The van der Waals surface area contributed by atoms with Gasteiger partial charge in [0, 0.05) is 0 Å². The Hall–Kier alpha value is -1.91. The van der Waals surface area contributed by atoms with Crippen molar-refractivity contribution in [1.82, 2.24) is 9.80 Å². The molecule has 0 unspecified atom stereocenters. The summed E-state index contributed by atoms with van der Waals surface area (Å²) in [5.74, 6) is -0.682. The SMILES string of the molecule is CCN(CC)CCCC(CCCN(CC)CC)(C(=O)O)c1cccc2ccccc12. The van der Waals surface area contributed by atoms with Gasteiger partial charge in [0.25, 0.3) is 0 Å². The molecule has 0 heterocycles. The molecule has 0 spiro atoms. The zero-order valence-corrected chi connectivity index (χ0v) is 19.4. The van der Waals surface area contributed by atoms with Gasteiger partial charge in [-0.1, -0.05) is 70.2 Å². The van der Waals surface area contributed by atoms with Crippen molar-refractivity contribution in [2.45, 2.75) is 58.8 Å². The minimum atomic E-state index is -0.846. The third-order valence-corrected chi connectivity index (χ3v) is 6.66. The number of hydrogen-bond acceptors (Lipinski definition) is 3. The summed E-state index contributed by atoms with van der Waals surface area (Å²) >= 11 is 0. The van der Waals surface area contributed by atoms with Crippen molar-refractivity contribution in [2.75, 3.05) is 39.3 Å². The summed E-state index contributed by atoms with van der Waals surface area (Å²) in [4.78, 5) is 17.6. The number of aliphatic carboxylic acids is 1. The molecular formula is C26H40N2O2. The highest BCUT2D eigenvalue weighted by Crippen LogP contribution is 2.39. The van der Waals surface area contributed by atoms with E-state index < -0.39 is 11.4 Å². The molecule has 0 atom stereocenters. The highest BCUT2D eigenvalue weighted by atomic mass is 16.4. The Labute approximate surface area is 182 Å². The lowest BCUT2D eigenvalue weighted by Gasteiger charge is -2.33. The zero-order chi connectivity index (χ0) is 22.0. The van der Waals surface area contributed by atoms with E-state index in [2.05, 4.69) is 55.7 Å². The summed E-state index contributed by atoms with van der Waals surface area (Å²) in [7, 11) is 0. The first-order valence-electron chi connectivity index (χ1n) is 11.7. The molecule has 1 N–H and O–H groups in total. The Morgan fingerprint density at radius 1 is 0.800 bits per heavy atom. The van der Waals surface area contributed by atoms with E-state index >= 15 is 0 Å². The Balaban J connectivity index is 2.38. The third-order valence-electron chi connectivity index (χ3n) is 6.66. The fourth-order valence-corrected chi connectivity index (χ4v) is 4.65. The maximum absolute atomic E-state index is 12.9. The lowest BCUT2D eigenvalue weighted by Crippen LogP contribution is -2.38. The number of carbonyl (C=O) groups is 1. The second-order valence-corrected chi connectivity index (χ2v) is 8.17. The van der Waals surface area contributed by atoms with Gasteiger partial charge in [-0.05, 0) is 81.3 Å². The van der Waals surface area contributed by atoms with Crippen LogP contribution in [-0.2, 0) is 10.2 Å². The Morgan fingerprint density at radius 3 is 1.80 bits per heavy atom. The summed E-state index contributed by atoms with van der Waals surface area (Å²) in [6.45, 7) is 14.6. The van der Waals surface area contributed by atoms with E-state index in [-0.39, 0.29) is 0 Å². The molecule has 0 saturated heterocycles. The van der Waals surface area contributed by atoms with Crippen LogP contribution in [0.3, 0.4) is 0 Å². The molecule has 0 radical (unpaired) electrons. The summed E-state index contributed by atoms with van der Waals surface area (Å²) in [5.41, 5.74) is 0.133. The lowest BCUT2D eigenvalue weighted by molar-refractivity contribution is -0.144. The molecule has 0 aliphatic rings. The van der Waals surface area contributed by atoms with E-state index in [1.54, 1.807) is 0 Å². The van der Waals surface area contributed by atoms with Gasteiger partial charge in [-0.2, -0.15) is 0 Å². The second kappa shape index (κ2) is 12.1. The topological polar surface area (TPSA) is 43.8 Å². The van der Waals surface area contributed by atoms with Crippen LogP contribution in [0.2, 0.25) is 0 Å². The first-order chi connectivity index (χ1) is 14.5. The van der Waals surface area contributed by atoms with Crippen molar-refractivity contribution < 1.29 is 9.90 Å². The van der Waals surface area contributed by atoms with E-state index in [9.17, 15) is 9.90 Å². The molecule has 4 heteroatoms. The summed E-state index contributed by atoms with van der Waals surface area (Å²) < 4.78 is 0. The van der Waals surface area contributed by atoms with Gasteiger partial charge in [0.15, 0.2) is 0 Å². The van der Waals surface area contributed by atoms with E-state index in [4.69, 9.17) is 0 Å². The number of rotatable bonds is 14. The fraction of sp³-hybridized carbons (Fsp3) is 0.577. The van der Waals surface area contributed by atoms with E-state index in [1.807, 2.05) is 24.3 Å². The Kier molecular flexibility index (Phi) is 9.80. The van der Waals surface area contributed by atoms with Crippen molar-refractivity contribution >= 4 is 16.7 Å². The van der Waals surface area contributed by atoms with Crippen molar-refractivity contribution in [3.8, 4) is 0 Å². The van der Waals surface area contributed by atoms with Gasteiger partial charge in [-0.15, -0.1) is 0 Å². The smallest absolute Gasteiger partial charge is 0.314 e. The third kappa shape index (κ3) is 5.83. The maximum atomic E-state index is 12.9. The fourth-order valence-electron chi connectivity index (χ4n) is 4.65. The predicted molar refractivity (Wildman–Crippen MR) is 127 cm³/mol. The predicted octanol–water partition coefficient (Wildman–Crippen LogP) is 5.41. The molecule has 0 aliphatic carbocycles. The maximum Gasteiger partial charge on any atom is 0.314 e. The normalized spacial score (nSPS) is 12.2. The number of fused-ring (bicyclic) bond motifs is 1. The Bertz CT molecular complexity index is 758. The molecule has 0 fully saturated rings. The van der Waals surface area contributed by atoms with Gasteiger partial charge >= 0.3 is 5.97 Å². The quantitative estimate of drug-likeness (QED) is 0.451. The molecule has 0 amide bonds. The minimum absolute atomic E-state index is 0.672. The zero-order valence-electron chi connectivity index (χ0n) is 19.4. The van der Waals surface area contributed by atoms with Crippen LogP contribution in [-0.4, -0.2) is 60.1 Å². The van der Waals surface area contributed by atoms with Crippen LogP contribution in [0, 0.1) is 0 Å². The molecule has 0 aliphatic heterocycles. The molecule has 0 saturated carbocycles. The van der Waals surface area contributed by atoms with Gasteiger partial charge in [-0.3, -0.25) is 4.79 Å². The van der Waals surface area contributed by atoms with Crippen molar-refractivity contribution in [3.05, 3.63) is 48.0 Å². The summed E-state index contributed by atoms with van der Waals surface area (Å²) in [5, 5.41) is 12.8. The average Bonchev–Trinajstić information content (AvgIpc) is 2.78. The van der Waals surface area contributed by atoms with Crippen LogP contribution in [0.15, 0.2) is 42.5 Å². The van der Waals surface area contributed by atoms with Crippen LogP contribution in [0.1, 0.15) is 58.9 Å². The van der Waals surface area contributed by atoms with Gasteiger partial charge < -0.3 is 14.9 Å². The van der Waals surface area contributed by atoms with Crippen LogP contribution in [0.4, 0.5) is 0 Å². The monoisotopic (exact) mass is 412 g/mol. The highest BCUT2D eigenvalue weighted by molar-refractivity contribution is 5.93. The molecule has 0 aromatic heterocycles. The molecule has 2 rings (SSSR count). The lowest BCUT2D eigenvalue weighted by atomic mass is 9.71. The number of nitrogens with zero attached hydrogens (tertiary/aromatic N) is 2. The Morgan fingerprint density at radius 2 is 1.30 bits per heavy atom. The van der Waals surface area contributed by atoms with Crippen molar-refractivity contribution in [2.24, 2.45) is 0 Å². The highest BCUT2D eigenvalue weighted by Gasteiger charge is 2.40. The van der Waals surface area contributed by atoms with Gasteiger partial charge in [0.2, 0.25) is 0 Å². The van der Waals surface area contributed by atoms with Crippen LogP contribution in [0.5, 0.6) is 0 Å². The van der Waals surface area contributed by atoms with Crippen LogP contribution >= 0.6 is 0 Å². The average molecular weight is 413 g/mol. The van der Waals surface area contributed by atoms with E-state index in [1.165, 1.54) is 0 Å². The molecule has 0 bridgehead atoms. The summed E-state index contributed by atoms with van der Waals surface area (Å²) in [6.07, 6.45) is 3.13. The number of hydrogen-bond donors (Lipinski definition) is 1. The van der Waals surface area contributed by atoms with Gasteiger partial charge in [0.05, 0.1) is 5.41 Å². The van der Waals surface area contributed by atoms with Crippen molar-refractivity contribution in [1.29, 1.82) is 0 Å². The molecule has 4 nitrogen and oxygen atoms in total. The molecule has 2 aromatic rings. The molecule has 2 aromatic carbocycles. The number of carboxylic acids is 1. The van der Waals surface area contributed by atoms with Crippen molar-refractivity contribution in [3.63, 3.8) is 0 Å². The number of carboxylic acid groups (broad SMARTS) is 1.